The maximum Gasteiger partial charge on any atom is 0.290 e. The first-order valence-electron chi connectivity index (χ1n) is 7.25. The van der Waals surface area contributed by atoms with Crippen LogP contribution >= 0.6 is 0 Å². The molecular formula is C14H20N6O3. The third kappa shape index (κ3) is 4.65. The molecule has 3 rings (SSSR count). The number of β-amino-alcohol motifs (C(OH)–C–C–N with tert-alkyl or cyclic N) is 1. The zero-order chi connectivity index (χ0) is 16.7. The van der Waals surface area contributed by atoms with Gasteiger partial charge in [-0.05, 0) is 25.8 Å². The Balaban J connectivity index is 0.000000595. The number of carbonyl (C=O) groups is 1. The number of aromatic amines is 1. The number of hydrogen-bond donors (Lipinski definition) is 4. The van der Waals surface area contributed by atoms with E-state index in [0.717, 1.165) is 36.6 Å². The second-order valence-electron chi connectivity index (χ2n) is 5.12. The first-order valence-corrected chi connectivity index (χ1v) is 7.25. The van der Waals surface area contributed by atoms with E-state index in [4.69, 9.17) is 9.90 Å². The van der Waals surface area contributed by atoms with Gasteiger partial charge in [0, 0.05) is 19.3 Å². The molecule has 0 saturated carbocycles. The van der Waals surface area contributed by atoms with Gasteiger partial charge in [-0.25, -0.2) is 4.98 Å². The summed E-state index contributed by atoms with van der Waals surface area (Å²) in [6.07, 6.45) is 5.00. The highest BCUT2D eigenvalue weighted by Crippen LogP contribution is 2.20. The lowest BCUT2D eigenvalue weighted by molar-refractivity contribution is -0.122. The normalized spacial score (nSPS) is 17.1. The average Bonchev–Trinajstić information content (AvgIpc) is 2.94. The van der Waals surface area contributed by atoms with Crippen LogP contribution in [0.2, 0.25) is 0 Å². The van der Waals surface area contributed by atoms with Crippen LogP contribution < -0.4 is 10.2 Å². The molecule has 0 amide bonds. The van der Waals surface area contributed by atoms with Crippen LogP contribution in [0.3, 0.4) is 0 Å². The lowest BCUT2D eigenvalue weighted by Crippen LogP contribution is -2.38. The number of piperidine rings is 1. The van der Waals surface area contributed by atoms with Crippen LogP contribution in [0, 0.1) is 6.92 Å². The highest BCUT2D eigenvalue weighted by atomic mass is 16.3. The molecule has 1 saturated heterocycles. The van der Waals surface area contributed by atoms with E-state index in [-0.39, 0.29) is 12.6 Å². The second-order valence-corrected chi connectivity index (χ2v) is 5.12. The SMILES string of the molecule is Cc1[nH]ncc1Nc1nccc(N2CCCC(O)C2)n1.O=CO. The standard InChI is InChI=1S/C13H18N6O.CH2O2/c1-9-11(7-15-18-9)16-13-14-5-4-12(17-13)19-6-2-3-10(20)8-19;2-1-3/h4-5,7,10,20H,2-3,6,8H2,1H3,(H,15,18)(H,14,16,17);1H,(H,2,3). The topological polar surface area (TPSA) is 127 Å². The summed E-state index contributed by atoms with van der Waals surface area (Å²) in [6.45, 7) is 3.22. The number of rotatable bonds is 3. The molecule has 0 bridgehead atoms. The minimum Gasteiger partial charge on any atom is -0.483 e. The van der Waals surface area contributed by atoms with Gasteiger partial charge in [0.15, 0.2) is 0 Å². The van der Waals surface area contributed by atoms with Crippen LogP contribution in [0.1, 0.15) is 18.5 Å². The molecule has 1 fully saturated rings. The van der Waals surface area contributed by atoms with Crippen molar-refractivity contribution in [3.63, 3.8) is 0 Å². The van der Waals surface area contributed by atoms with Gasteiger partial charge in [0.05, 0.1) is 23.7 Å². The number of H-pyrrole nitrogens is 1. The molecule has 1 aliphatic heterocycles. The molecule has 0 aliphatic carbocycles. The Labute approximate surface area is 133 Å². The molecule has 23 heavy (non-hydrogen) atoms. The van der Waals surface area contributed by atoms with Crippen molar-refractivity contribution in [1.82, 2.24) is 20.2 Å². The fraction of sp³-hybridized carbons (Fsp3) is 0.429. The van der Waals surface area contributed by atoms with Crippen molar-refractivity contribution in [3.05, 3.63) is 24.2 Å². The van der Waals surface area contributed by atoms with Crippen molar-refractivity contribution < 1.29 is 15.0 Å². The van der Waals surface area contributed by atoms with Crippen LogP contribution in [0.15, 0.2) is 18.5 Å². The predicted molar refractivity (Wildman–Crippen MR) is 84.8 cm³/mol. The van der Waals surface area contributed by atoms with Crippen molar-refractivity contribution in [3.8, 4) is 0 Å². The van der Waals surface area contributed by atoms with E-state index >= 15 is 0 Å². The van der Waals surface area contributed by atoms with Gasteiger partial charge >= 0.3 is 0 Å². The van der Waals surface area contributed by atoms with Crippen molar-refractivity contribution in [2.75, 3.05) is 23.3 Å². The molecular weight excluding hydrogens is 300 g/mol. The van der Waals surface area contributed by atoms with Crippen molar-refractivity contribution in [1.29, 1.82) is 0 Å². The van der Waals surface area contributed by atoms with Crippen molar-refractivity contribution >= 4 is 23.9 Å². The van der Waals surface area contributed by atoms with Crippen LogP contribution in [0.5, 0.6) is 0 Å². The van der Waals surface area contributed by atoms with Crippen LogP contribution in [-0.2, 0) is 4.79 Å². The minimum atomic E-state index is -0.272. The summed E-state index contributed by atoms with van der Waals surface area (Å²) in [5.74, 6) is 1.37. The van der Waals surface area contributed by atoms with E-state index in [0.29, 0.717) is 12.5 Å². The number of aliphatic hydroxyl groups is 1. The van der Waals surface area contributed by atoms with E-state index < -0.39 is 0 Å². The maximum atomic E-state index is 9.74. The van der Waals surface area contributed by atoms with Gasteiger partial charge in [-0.15, -0.1) is 0 Å². The lowest BCUT2D eigenvalue weighted by Gasteiger charge is -2.31. The Bertz CT molecular complexity index is 632. The van der Waals surface area contributed by atoms with Gasteiger partial charge < -0.3 is 20.4 Å². The van der Waals surface area contributed by atoms with Gasteiger partial charge in [0.1, 0.15) is 5.82 Å². The largest absolute Gasteiger partial charge is 0.483 e. The van der Waals surface area contributed by atoms with Crippen LogP contribution in [0.4, 0.5) is 17.5 Å². The summed E-state index contributed by atoms with van der Waals surface area (Å²) < 4.78 is 0. The van der Waals surface area contributed by atoms with E-state index in [1.165, 1.54) is 0 Å². The average molecular weight is 320 g/mol. The quantitative estimate of drug-likeness (QED) is 0.615. The number of aromatic nitrogens is 4. The Morgan fingerprint density at radius 2 is 2.30 bits per heavy atom. The molecule has 1 unspecified atom stereocenters. The Kier molecular flexibility index (Phi) is 5.87. The van der Waals surface area contributed by atoms with E-state index in [1.54, 1.807) is 12.4 Å². The summed E-state index contributed by atoms with van der Waals surface area (Å²) in [6, 6.07) is 1.87. The molecule has 3 heterocycles. The first kappa shape index (κ1) is 16.7. The Morgan fingerprint density at radius 3 is 2.96 bits per heavy atom. The van der Waals surface area contributed by atoms with Crippen molar-refractivity contribution in [2.24, 2.45) is 0 Å². The van der Waals surface area contributed by atoms with Gasteiger partial charge in [-0.3, -0.25) is 9.89 Å². The van der Waals surface area contributed by atoms with Gasteiger partial charge in [0.2, 0.25) is 5.95 Å². The van der Waals surface area contributed by atoms with E-state index in [1.807, 2.05) is 13.0 Å². The molecule has 1 aliphatic rings. The van der Waals surface area contributed by atoms with Crippen molar-refractivity contribution in [2.45, 2.75) is 25.9 Å². The highest BCUT2D eigenvalue weighted by molar-refractivity contribution is 5.56. The smallest absolute Gasteiger partial charge is 0.290 e. The Hall–Kier alpha value is -2.68. The Morgan fingerprint density at radius 1 is 1.52 bits per heavy atom. The van der Waals surface area contributed by atoms with Crippen LogP contribution in [0.25, 0.3) is 0 Å². The van der Waals surface area contributed by atoms with E-state index in [9.17, 15) is 5.11 Å². The molecule has 9 heteroatoms. The lowest BCUT2D eigenvalue weighted by atomic mass is 10.1. The summed E-state index contributed by atoms with van der Waals surface area (Å²) >= 11 is 0. The zero-order valence-electron chi connectivity index (χ0n) is 12.8. The maximum absolute atomic E-state index is 9.74. The number of anilines is 3. The fourth-order valence-corrected chi connectivity index (χ4v) is 2.35. The van der Waals surface area contributed by atoms with Gasteiger partial charge in [-0.1, -0.05) is 0 Å². The molecule has 124 valence electrons. The number of nitrogens with zero attached hydrogens (tertiary/aromatic N) is 4. The summed E-state index contributed by atoms with van der Waals surface area (Å²) in [7, 11) is 0. The first-order chi connectivity index (χ1) is 11.1. The summed E-state index contributed by atoms with van der Waals surface area (Å²) in [4.78, 5) is 19.2. The van der Waals surface area contributed by atoms with E-state index in [2.05, 4.69) is 30.4 Å². The number of carboxylic acid groups (broad SMARTS) is 1. The number of hydrogen-bond acceptors (Lipinski definition) is 7. The molecule has 4 N–H and O–H groups in total. The molecule has 0 spiro atoms. The molecule has 1 atom stereocenters. The number of nitrogens with one attached hydrogen (secondary N) is 2. The third-order valence-electron chi connectivity index (χ3n) is 3.44. The predicted octanol–water partition coefficient (Wildman–Crippen LogP) is 0.914. The zero-order valence-corrected chi connectivity index (χ0v) is 12.8. The van der Waals surface area contributed by atoms with Gasteiger partial charge in [0.25, 0.3) is 6.47 Å². The molecule has 0 radical (unpaired) electrons. The fourth-order valence-electron chi connectivity index (χ4n) is 2.35. The molecule has 9 nitrogen and oxygen atoms in total. The monoisotopic (exact) mass is 320 g/mol. The minimum absolute atomic E-state index is 0.250. The van der Waals surface area contributed by atoms with Gasteiger partial charge in [-0.2, -0.15) is 10.1 Å². The summed E-state index contributed by atoms with van der Waals surface area (Å²) in [5, 5.41) is 26.6. The number of aryl methyl sites for hydroxylation is 1. The van der Waals surface area contributed by atoms with Crippen LogP contribution in [-0.4, -0.2) is 56.0 Å². The molecule has 2 aromatic rings. The highest BCUT2D eigenvalue weighted by Gasteiger charge is 2.19. The summed E-state index contributed by atoms with van der Waals surface area (Å²) in [5.41, 5.74) is 1.80. The molecule has 0 aromatic carbocycles. The second kappa shape index (κ2) is 8.08. The molecule has 2 aromatic heterocycles. The third-order valence-corrected chi connectivity index (χ3v) is 3.44. The number of aliphatic hydroxyl groups excluding tert-OH is 1.